The lowest BCUT2D eigenvalue weighted by Crippen LogP contribution is -2.37. The summed E-state index contributed by atoms with van der Waals surface area (Å²) < 4.78 is 5.23. The van der Waals surface area contributed by atoms with E-state index >= 15 is 0 Å². The molecular weight excluding hydrogens is 252 g/mol. The van der Waals surface area contributed by atoms with Gasteiger partial charge in [-0.25, -0.2) is 0 Å². The number of hydrogen-bond donors (Lipinski definition) is 2. The molecule has 4 nitrogen and oxygen atoms in total. The van der Waals surface area contributed by atoms with Gasteiger partial charge in [-0.2, -0.15) is 0 Å². The number of nitrogens with one attached hydrogen (secondary N) is 1. The summed E-state index contributed by atoms with van der Waals surface area (Å²) in [6, 6.07) is 7.76. The fourth-order valence-corrected chi connectivity index (χ4v) is 1.56. The highest BCUT2D eigenvalue weighted by molar-refractivity contribution is 5.85. The van der Waals surface area contributed by atoms with Crippen molar-refractivity contribution >= 4 is 18.3 Å². The normalized spacial score (nSPS) is 11.3. The van der Waals surface area contributed by atoms with E-state index in [-0.39, 0.29) is 24.4 Å². The van der Waals surface area contributed by atoms with Gasteiger partial charge in [0.1, 0.15) is 5.75 Å². The molecule has 0 radical (unpaired) electrons. The van der Waals surface area contributed by atoms with E-state index in [1.54, 1.807) is 7.11 Å². The zero-order valence-corrected chi connectivity index (χ0v) is 11.6. The Labute approximate surface area is 114 Å². The van der Waals surface area contributed by atoms with Gasteiger partial charge in [0, 0.05) is 19.0 Å². The minimum atomic E-state index is 0. The second kappa shape index (κ2) is 8.78. The van der Waals surface area contributed by atoms with Crippen molar-refractivity contribution in [1.29, 1.82) is 0 Å². The van der Waals surface area contributed by atoms with Gasteiger partial charge in [0.2, 0.25) is 5.91 Å². The molecule has 0 spiro atoms. The van der Waals surface area contributed by atoms with Crippen molar-refractivity contribution in [3.8, 4) is 5.75 Å². The molecule has 0 saturated heterocycles. The molecule has 0 aliphatic heterocycles. The number of ether oxygens (including phenoxy) is 1. The Morgan fingerprint density at radius 3 is 2.72 bits per heavy atom. The van der Waals surface area contributed by atoms with Gasteiger partial charge >= 0.3 is 0 Å². The van der Waals surface area contributed by atoms with Gasteiger partial charge in [0.15, 0.2) is 0 Å². The molecule has 3 N–H and O–H groups in total. The fourth-order valence-electron chi connectivity index (χ4n) is 1.56. The first-order valence-corrected chi connectivity index (χ1v) is 5.78. The number of rotatable bonds is 6. The number of methoxy groups -OCH3 is 1. The number of benzene rings is 1. The second-order valence-electron chi connectivity index (χ2n) is 4.02. The van der Waals surface area contributed by atoms with Crippen molar-refractivity contribution < 1.29 is 9.53 Å². The van der Waals surface area contributed by atoms with Crippen molar-refractivity contribution in [1.82, 2.24) is 5.32 Å². The number of nitrogens with two attached hydrogens (primary N) is 1. The SMILES string of the molecule is COc1ccccc1CCC(=O)N[C@@H](C)CN.Cl. The Kier molecular flexibility index (Phi) is 8.16. The lowest BCUT2D eigenvalue weighted by Gasteiger charge is -2.12. The molecule has 18 heavy (non-hydrogen) atoms. The summed E-state index contributed by atoms with van der Waals surface area (Å²) in [7, 11) is 1.63. The van der Waals surface area contributed by atoms with Crippen LogP contribution in [-0.2, 0) is 11.2 Å². The van der Waals surface area contributed by atoms with Crippen molar-refractivity contribution in [2.45, 2.75) is 25.8 Å². The van der Waals surface area contributed by atoms with Crippen LogP contribution in [0.4, 0.5) is 0 Å². The Bertz CT molecular complexity index is 372. The zero-order chi connectivity index (χ0) is 12.7. The molecule has 0 bridgehead atoms. The summed E-state index contributed by atoms with van der Waals surface area (Å²) in [5.74, 6) is 0.848. The first-order valence-electron chi connectivity index (χ1n) is 5.78. The third-order valence-corrected chi connectivity index (χ3v) is 2.57. The van der Waals surface area contributed by atoms with Gasteiger partial charge in [-0.1, -0.05) is 18.2 Å². The van der Waals surface area contributed by atoms with E-state index in [0.717, 1.165) is 11.3 Å². The number of carbonyl (C=O) groups is 1. The molecule has 0 saturated carbocycles. The third-order valence-electron chi connectivity index (χ3n) is 2.57. The maximum atomic E-state index is 11.6. The molecule has 0 heterocycles. The van der Waals surface area contributed by atoms with Crippen molar-refractivity contribution in [3.63, 3.8) is 0 Å². The number of para-hydroxylation sites is 1. The van der Waals surface area contributed by atoms with Crippen LogP contribution in [-0.4, -0.2) is 25.6 Å². The monoisotopic (exact) mass is 272 g/mol. The Morgan fingerprint density at radius 2 is 2.11 bits per heavy atom. The molecule has 1 rings (SSSR count). The quantitative estimate of drug-likeness (QED) is 0.825. The Balaban J connectivity index is 0.00000289. The Morgan fingerprint density at radius 1 is 1.44 bits per heavy atom. The van der Waals surface area contributed by atoms with Gasteiger partial charge in [-0.15, -0.1) is 12.4 Å². The van der Waals surface area contributed by atoms with Gasteiger partial charge in [0.25, 0.3) is 0 Å². The average Bonchev–Trinajstić information content (AvgIpc) is 2.36. The average molecular weight is 273 g/mol. The molecule has 5 heteroatoms. The van der Waals surface area contributed by atoms with Crippen LogP contribution in [0, 0.1) is 0 Å². The van der Waals surface area contributed by atoms with Crippen LogP contribution in [0.3, 0.4) is 0 Å². The second-order valence-corrected chi connectivity index (χ2v) is 4.02. The number of hydrogen-bond acceptors (Lipinski definition) is 3. The fraction of sp³-hybridized carbons (Fsp3) is 0.462. The van der Waals surface area contributed by atoms with E-state index in [9.17, 15) is 4.79 Å². The van der Waals surface area contributed by atoms with Crippen LogP contribution in [0.25, 0.3) is 0 Å². The molecule has 0 aromatic heterocycles. The van der Waals surface area contributed by atoms with Crippen LogP contribution in [0.5, 0.6) is 5.75 Å². The highest BCUT2D eigenvalue weighted by Crippen LogP contribution is 2.18. The van der Waals surface area contributed by atoms with Crippen molar-refractivity contribution in [2.75, 3.05) is 13.7 Å². The number of aryl methyl sites for hydroxylation is 1. The van der Waals surface area contributed by atoms with Crippen molar-refractivity contribution in [3.05, 3.63) is 29.8 Å². The summed E-state index contributed by atoms with van der Waals surface area (Å²) in [5, 5.41) is 2.83. The van der Waals surface area contributed by atoms with E-state index < -0.39 is 0 Å². The van der Waals surface area contributed by atoms with Gasteiger partial charge in [-0.05, 0) is 25.0 Å². The maximum Gasteiger partial charge on any atom is 0.220 e. The summed E-state index contributed by atoms with van der Waals surface area (Å²) in [6.07, 6.45) is 1.12. The van der Waals surface area contributed by atoms with E-state index in [0.29, 0.717) is 19.4 Å². The standard InChI is InChI=1S/C13H20N2O2.ClH/c1-10(9-14)15-13(16)8-7-11-5-3-4-6-12(11)17-2;/h3-6,10H,7-9,14H2,1-2H3,(H,15,16);1H/t10-;/m0./s1. The molecule has 102 valence electrons. The molecule has 1 atom stereocenters. The van der Waals surface area contributed by atoms with Crippen LogP contribution >= 0.6 is 12.4 Å². The van der Waals surface area contributed by atoms with E-state index in [1.807, 2.05) is 31.2 Å². The predicted octanol–water partition coefficient (Wildman–Crippen LogP) is 1.51. The predicted molar refractivity (Wildman–Crippen MR) is 75.2 cm³/mol. The van der Waals surface area contributed by atoms with Gasteiger partial charge in [-0.3, -0.25) is 4.79 Å². The summed E-state index contributed by atoms with van der Waals surface area (Å²) in [5.41, 5.74) is 6.49. The van der Waals surface area contributed by atoms with E-state index in [4.69, 9.17) is 10.5 Å². The van der Waals surface area contributed by atoms with Crippen LogP contribution in [0.15, 0.2) is 24.3 Å². The maximum absolute atomic E-state index is 11.6. The highest BCUT2D eigenvalue weighted by atomic mass is 35.5. The van der Waals surface area contributed by atoms with Crippen LogP contribution in [0.1, 0.15) is 18.9 Å². The summed E-state index contributed by atoms with van der Waals surface area (Å²) in [6.45, 7) is 2.35. The topological polar surface area (TPSA) is 64.3 Å². The van der Waals surface area contributed by atoms with Gasteiger partial charge < -0.3 is 15.8 Å². The van der Waals surface area contributed by atoms with Gasteiger partial charge in [0.05, 0.1) is 7.11 Å². The number of amides is 1. The molecule has 1 aromatic carbocycles. The first-order chi connectivity index (χ1) is 8.17. The van der Waals surface area contributed by atoms with E-state index in [1.165, 1.54) is 0 Å². The number of carbonyl (C=O) groups excluding carboxylic acids is 1. The molecule has 0 aliphatic carbocycles. The molecule has 0 aliphatic rings. The lowest BCUT2D eigenvalue weighted by atomic mass is 10.1. The third kappa shape index (κ3) is 5.38. The molecule has 1 aromatic rings. The Hall–Kier alpha value is -1.26. The first kappa shape index (κ1) is 16.7. The summed E-state index contributed by atoms with van der Waals surface area (Å²) in [4.78, 5) is 11.6. The lowest BCUT2D eigenvalue weighted by molar-refractivity contribution is -0.121. The summed E-state index contributed by atoms with van der Waals surface area (Å²) >= 11 is 0. The van der Waals surface area contributed by atoms with E-state index in [2.05, 4.69) is 5.32 Å². The van der Waals surface area contributed by atoms with Crippen LogP contribution < -0.4 is 15.8 Å². The van der Waals surface area contributed by atoms with Crippen LogP contribution in [0.2, 0.25) is 0 Å². The minimum absolute atomic E-state index is 0. The smallest absolute Gasteiger partial charge is 0.220 e. The number of halogens is 1. The molecule has 0 fully saturated rings. The largest absolute Gasteiger partial charge is 0.496 e. The van der Waals surface area contributed by atoms with Crippen molar-refractivity contribution in [2.24, 2.45) is 5.73 Å². The molecule has 1 amide bonds. The minimum Gasteiger partial charge on any atom is -0.496 e. The molecular formula is C13H21ClN2O2. The zero-order valence-electron chi connectivity index (χ0n) is 10.8. The molecule has 0 unspecified atom stereocenters. The highest BCUT2D eigenvalue weighted by Gasteiger charge is 2.08.